The van der Waals surface area contributed by atoms with E-state index in [9.17, 15) is 19.0 Å². The van der Waals surface area contributed by atoms with Crippen molar-refractivity contribution in [2.24, 2.45) is 0 Å². The first kappa shape index (κ1) is 67.0. The monoisotopic (exact) mass is 991 g/mol. The molecule has 0 aliphatic carbocycles. The summed E-state index contributed by atoms with van der Waals surface area (Å²) in [4.78, 5) is 39.8. The first-order chi connectivity index (χ1) is 33.4. The number of hydrogen-bond donors (Lipinski definition) is 1. The zero-order chi connectivity index (χ0) is 50.8. The third kappa shape index (κ3) is 50.7. The van der Waals surface area contributed by atoms with Gasteiger partial charge in [0.15, 0.2) is 0 Å². The van der Waals surface area contributed by atoms with Gasteiger partial charge in [-0.05, 0) is 63.9 Å². The lowest BCUT2D eigenvalue weighted by Crippen LogP contribution is -2.47. The summed E-state index contributed by atoms with van der Waals surface area (Å²) in [6, 6.07) is -0.892. The number of amides is 1. The van der Waals surface area contributed by atoms with Gasteiger partial charge in [0.05, 0.1) is 33.8 Å². The minimum absolute atomic E-state index is 0.0243. The molecule has 0 aliphatic heterocycles. The van der Waals surface area contributed by atoms with E-state index in [2.05, 4.69) is 62.5 Å². The van der Waals surface area contributed by atoms with Gasteiger partial charge in [0.2, 0.25) is 5.91 Å². The molecule has 0 saturated heterocycles. The molecule has 0 spiro atoms. The summed E-state index contributed by atoms with van der Waals surface area (Å²) < 4.78 is 30.2. The second kappa shape index (κ2) is 49.5. The summed E-state index contributed by atoms with van der Waals surface area (Å²) in [6.07, 6.45) is 59.2. The normalized spacial score (nSPS) is 14.1. The molecule has 0 radical (unpaired) electrons. The van der Waals surface area contributed by atoms with Crippen molar-refractivity contribution >= 4 is 19.7 Å². The van der Waals surface area contributed by atoms with Gasteiger partial charge in [-0.3, -0.25) is 14.2 Å². The molecule has 1 N–H and O–H groups in total. The van der Waals surface area contributed by atoms with E-state index in [0.717, 1.165) is 103 Å². The van der Waals surface area contributed by atoms with Crippen molar-refractivity contribution < 1.29 is 37.3 Å². The lowest BCUT2D eigenvalue weighted by Gasteiger charge is -2.30. The molecule has 1 amide bonds. The molecule has 0 rings (SSSR count). The highest BCUT2D eigenvalue weighted by Crippen LogP contribution is 2.38. The van der Waals surface area contributed by atoms with E-state index in [1.165, 1.54) is 128 Å². The molecule has 69 heavy (non-hydrogen) atoms. The number of allylic oxidation sites excluding steroid dienone is 7. The molecule has 3 unspecified atom stereocenters. The molecular formula is C59H111N2O7P. The Morgan fingerprint density at radius 3 is 1.39 bits per heavy atom. The molecule has 0 bridgehead atoms. The molecule has 0 aliphatic rings. The van der Waals surface area contributed by atoms with Crippen LogP contribution in [0.1, 0.15) is 265 Å². The predicted octanol–water partition coefficient (Wildman–Crippen LogP) is 16.7. The number of esters is 1. The van der Waals surface area contributed by atoms with E-state index >= 15 is 0 Å². The fraction of sp³-hybridized carbons (Fsp3) is 0.831. The van der Waals surface area contributed by atoms with Gasteiger partial charge in [-0.1, -0.05) is 237 Å². The number of nitrogens with one attached hydrogen (secondary N) is 1. The van der Waals surface area contributed by atoms with Gasteiger partial charge >= 0.3 is 5.97 Å². The average molecular weight is 992 g/mol. The number of carbonyl (C=O) groups is 2. The molecule has 9 nitrogen and oxygen atoms in total. The van der Waals surface area contributed by atoms with Crippen molar-refractivity contribution in [1.29, 1.82) is 0 Å². The van der Waals surface area contributed by atoms with Crippen LogP contribution in [-0.2, 0) is 27.9 Å². The van der Waals surface area contributed by atoms with Gasteiger partial charge in [0.25, 0.3) is 7.82 Å². The Labute approximate surface area is 427 Å². The number of rotatable bonds is 52. The number of ether oxygens (including phenoxy) is 1. The lowest BCUT2D eigenvalue weighted by molar-refractivity contribution is -0.870. The summed E-state index contributed by atoms with van der Waals surface area (Å²) in [5, 5.41) is 3.02. The van der Waals surface area contributed by atoms with Crippen LogP contribution < -0.4 is 10.2 Å². The van der Waals surface area contributed by atoms with Gasteiger partial charge in [-0.25, -0.2) is 0 Å². The second-order valence-electron chi connectivity index (χ2n) is 20.8. The summed E-state index contributed by atoms with van der Waals surface area (Å²) in [5.41, 5.74) is 0. The number of likely N-dealkylation sites (N-methyl/N-ethyl adjacent to an activating group) is 1. The number of nitrogens with zero attached hydrogens (tertiary/aromatic N) is 1. The van der Waals surface area contributed by atoms with Crippen molar-refractivity contribution in [3.05, 3.63) is 48.6 Å². The first-order valence-electron chi connectivity index (χ1n) is 28.9. The van der Waals surface area contributed by atoms with Crippen LogP contribution in [0.25, 0.3) is 0 Å². The highest BCUT2D eigenvalue weighted by molar-refractivity contribution is 7.45. The van der Waals surface area contributed by atoms with Crippen molar-refractivity contribution in [3.63, 3.8) is 0 Å². The van der Waals surface area contributed by atoms with Crippen LogP contribution in [0.2, 0.25) is 0 Å². The van der Waals surface area contributed by atoms with Gasteiger partial charge in [-0.2, -0.15) is 0 Å². The SMILES string of the molecule is CC/C=C/C/C=C/C/C=C/CCCCCCCCC(=O)NC(COP(=O)([O-])OCC[N+](C)(C)C)C(/C=C/CCCCCCCCCCCC)OC(=O)CCCCCCCCCCCCCCCCC. The Bertz CT molecular complexity index is 1330. The Balaban J connectivity index is 5.35. The summed E-state index contributed by atoms with van der Waals surface area (Å²) >= 11 is 0. The largest absolute Gasteiger partial charge is 0.756 e. The van der Waals surface area contributed by atoms with Gasteiger partial charge in [0, 0.05) is 12.8 Å². The number of unbranched alkanes of at least 4 members (excludes halogenated alkanes) is 30. The standard InChI is InChI=1S/C59H111N2O7P/c1-7-10-13-16-19-22-25-28-30-32-33-36-39-42-45-48-51-58(62)60-56(55-67-69(64,65)66-54-53-61(4,5)6)57(50-47-44-41-38-35-27-24-21-18-15-12-9-3)68-59(63)52-49-46-43-40-37-34-31-29-26-23-20-17-14-11-8-2/h10,13,19,22,28,30,47,50,56-57H,7-9,11-12,14-18,20-21,23-27,29,31-46,48-49,51-55H2,1-6H3,(H-,60,62,64,65)/b13-10+,22-19+,30-28+,50-47+. The minimum Gasteiger partial charge on any atom is -0.756 e. The topological polar surface area (TPSA) is 114 Å². The quantitative estimate of drug-likeness (QED) is 0.0212. The zero-order valence-corrected chi connectivity index (χ0v) is 46.9. The molecule has 404 valence electrons. The number of phosphoric acid groups is 1. The van der Waals surface area contributed by atoms with Crippen molar-refractivity contribution in [3.8, 4) is 0 Å². The molecule has 0 aromatic carbocycles. The molecule has 3 atom stereocenters. The number of quaternary nitrogens is 1. The third-order valence-corrected chi connectivity index (χ3v) is 13.7. The fourth-order valence-corrected chi connectivity index (χ4v) is 9.02. The van der Waals surface area contributed by atoms with E-state index < -0.39 is 26.6 Å². The number of carbonyl (C=O) groups excluding carboxylic acids is 2. The Morgan fingerprint density at radius 1 is 0.522 bits per heavy atom. The number of hydrogen-bond acceptors (Lipinski definition) is 7. The molecular weight excluding hydrogens is 880 g/mol. The molecule has 0 aromatic rings. The minimum atomic E-state index is -4.69. The van der Waals surface area contributed by atoms with Crippen molar-refractivity contribution in [1.82, 2.24) is 5.32 Å². The summed E-state index contributed by atoms with van der Waals surface area (Å²) in [7, 11) is 1.18. The first-order valence-corrected chi connectivity index (χ1v) is 30.4. The van der Waals surface area contributed by atoms with Crippen LogP contribution in [0.4, 0.5) is 0 Å². The predicted molar refractivity (Wildman–Crippen MR) is 293 cm³/mol. The maximum atomic E-state index is 13.5. The van der Waals surface area contributed by atoms with Crippen LogP contribution >= 0.6 is 7.82 Å². The maximum absolute atomic E-state index is 13.5. The van der Waals surface area contributed by atoms with Gasteiger partial charge in [-0.15, -0.1) is 0 Å². The smallest absolute Gasteiger partial charge is 0.306 e. The van der Waals surface area contributed by atoms with Crippen LogP contribution in [0, 0.1) is 0 Å². The van der Waals surface area contributed by atoms with E-state index in [4.69, 9.17) is 13.8 Å². The molecule has 0 fully saturated rings. The van der Waals surface area contributed by atoms with E-state index in [-0.39, 0.29) is 24.9 Å². The van der Waals surface area contributed by atoms with E-state index in [0.29, 0.717) is 17.4 Å². The van der Waals surface area contributed by atoms with Crippen LogP contribution in [0.5, 0.6) is 0 Å². The molecule has 0 saturated carbocycles. The molecule has 0 heterocycles. The lowest BCUT2D eigenvalue weighted by atomic mass is 10.0. The fourth-order valence-electron chi connectivity index (χ4n) is 8.30. The highest BCUT2D eigenvalue weighted by atomic mass is 31.2. The Hall–Kier alpha value is -2.03. The van der Waals surface area contributed by atoms with Crippen LogP contribution in [0.3, 0.4) is 0 Å². The van der Waals surface area contributed by atoms with Gasteiger partial charge < -0.3 is 28.5 Å². The Morgan fingerprint density at radius 2 is 0.928 bits per heavy atom. The summed E-state index contributed by atoms with van der Waals surface area (Å²) in [5.74, 6) is -0.549. The maximum Gasteiger partial charge on any atom is 0.306 e. The molecule has 10 heteroatoms. The van der Waals surface area contributed by atoms with E-state index in [1.807, 2.05) is 33.3 Å². The average Bonchev–Trinajstić information content (AvgIpc) is 3.31. The second-order valence-corrected chi connectivity index (χ2v) is 22.2. The Kier molecular flexibility index (Phi) is 48.1. The molecule has 0 aromatic heterocycles. The zero-order valence-electron chi connectivity index (χ0n) is 46.0. The highest BCUT2D eigenvalue weighted by Gasteiger charge is 2.27. The van der Waals surface area contributed by atoms with Crippen molar-refractivity contribution in [2.75, 3.05) is 40.9 Å². The summed E-state index contributed by atoms with van der Waals surface area (Å²) in [6.45, 7) is 6.73. The van der Waals surface area contributed by atoms with Crippen LogP contribution in [0.15, 0.2) is 48.6 Å². The van der Waals surface area contributed by atoms with Gasteiger partial charge in [0.1, 0.15) is 19.3 Å². The van der Waals surface area contributed by atoms with Crippen LogP contribution in [-0.4, -0.2) is 69.4 Å². The van der Waals surface area contributed by atoms with E-state index in [1.54, 1.807) is 0 Å². The third-order valence-electron chi connectivity index (χ3n) is 12.8. The van der Waals surface area contributed by atoms with Crippen molar-refractivity contribution in [2.45, 2.75) is 277 Å². The number of phosphoric ester groups is 1.